The highest BCUT2D eigenvalue weighted by Gasteiger charge is 2.29. The smallest absolute Gasteiger partial charge is 0.174 e. The van der Waals surface area contributed by atoms with Gasteiger partial charge in [-0.1, -0.05) is 11.8 Å². The van der Waals surface area contributed by atoms with Gasteiger partial charge in [0.15, 0.2) is 5.11 Å². The molecule has 1 aromatic carbocycles. The lowest BCUT2D eigenvalue weighted by Crippen LogP contribution is -2.33. The van der Waals surface area contributed by atoms with Gasteiger partial charge in [-0.3, -0.25) is 0 Å². The zero-order valence-corrected chi connectivity index (χ0v) is 17.9. The maximum absolute atomic E-state index is 9.77. The molecule has 142 valence electrons. The van der Waals surface area contributed by atoms with Gasteiger partial charge in [0, 0.05) is 22.9 Å². The van der Waals surface area contributed by atoms with E-state index in [4.69, 9.17) is 17.0 Å². The molecular weight excluding hydrogens is 396 g/mol. The van der Waals surface area contributed by atoms with E-state index in [-0.39, 0.29) is 5.37 Å². The summed E-state index contributed by atoms with van der Waals surface area (Å²) >= 11 is 9.18. The maximum atomic E-state index is 9.77. The number of methoxy groups -OCH3 is 1. The Morgan fingerprint density at radius 3 is 2.70 bits per heavy atom. The Bertz CT molecular complexity index is 860. The molecule has 1 aliphatic heterocycles. The van der Waals surface area contributed by atoms with Gasteiger partial charge in [-0.05, 0) is 62.5 Å². The molecule has 27 heavy (non-hydrogen) atoms. The van der Waals surface area contributed by atoms with Crippen molar-refractivity contribution in [1.82, 2.24) is 4.90 Å². The van der Waals surface area contributed by atoms with E-state index in [1.807, 2.05) is 42.1 Å². The highest BCUT2D eigenvalue weighted by molar-refractivity contribution is 7.99. The summed E-state index contributed by atoms with van der Waals surface area (Å²) in [6.45, 7) is 4.28. The molecule has 1 atom stereocenters. The predicted molar refractivity (Wildman–Crippen MR) is 119 cm³/mol. The van der Waals surface area contributed by atoms with Gasteiger partial charge < -0.3 is 20.1 Å². The van der Waals surface area contributed by atoms with E-state index in [1.165, 1.54) is 4.88 Å². The number of hydrogen-bond acceptors (Lipinski definition) is 5. The number of thiophene rings is 1. The number of rotatable bonds is 3. The van der Waals surface area contributed by atoms with E-state index < -0.39 is 5.60 Å². The summed E-state index contributed by atoms with van der Waals surface area (Å²) in [5, 5.41) is 14.0. The number of thiocarbonyl (C=S) groups is 1. The van der Waals surface area contributed by atoms with Gasteiger partial charge in [-0.15, -0.1) is 23.1 Å². The number of aliphatic hydroxyl groups is 1. The molecule has 0 amide bonds. The number of hydrogen-bond donors (Lipinski definition) is 2. The topological polar surface area (TPSA) is 44.7 Å². The molecule has 0 bridgehead atoms. The van der Waals surface area contributed by atoms with Crippen LogP contribution in [0.5, 0.6) is 5.75 Å². The lowest BCUT2D eigenvalue weighted by molar-refractivity contribution is 0.143. The Labute approximate surface area is 173 Å². The Morgan fingerprint density at radius 1 is 1.30 bits per heavy atom. The first-order valence-electron chi connectivity index (χ1n) is 8.54. The Hall–Kier alpha value is -1.72. The highest BCUT2D eigenvalue weighted by Crippen LogP contribution is 2.41. The predicted octanol–water partition coefficient (Wildman–Crippen LogP) is 4.32. The SMILES string of the molecule is COc1ccc(NC(=S)N2CCS[C@@H]2c2ccc(C#CC(C)(C)O)s2)cc1. The van der Waals surface area contributed by atoms with Crippen LogP contribution in [0.1, 0.15) is 29.0 Å². The molecule has 3 rings (SSSR count). The van der Waals surface area contributed by atoms with Crippen molar-refractivity contribution in [2.24, 2.45) is 0 Å². The Kier molecular flexibility index (Phi) is 6.33. The number of anilines is 1. The largest absolute Gasteiger partial charge is 0.497 e. The first kappa shape index (κ1) is 20.0. The van der Waals surface area contributed by atoms with Crippen molar-refractivity contribution < 1.29 is 9.84 Å². The second-order valence-corrected chi connectivity index (χ2v) is 9.28. The van der Waals surface area contributed by atoms with Gasteiger partial charge in [0.05, 0.1) is 12.0 Å². The van der Waals surface area contributed by atoms with Crippen LogP contribution in [0.15, 0.2) is 36.4 Å². The molecule has 1 aromatic heterocycles. The van der Waals surface area contributed by atoms with Crippen molar-refractivity contribution in [3.63, 3.8) is 0 Å². The summed E-state index contributed by atoms with van der Waals surface area (Å²) in [5.74, 6) is 7.76. The average Bonchev–Trinajstić information content (AvgIpc) is 3.29. The van der Waals surface area contributed by atoms with Crippen LogP contribution in [-0.4, -0.2) is 40.1 Å². The molecule has 0 radical (unpaired) electrons. The summed E-state index contributed by atoms with van der Waals surface area (Å²) in [7, 11) is 1.65. The zero-order valence-electron chi connectivity index (χ0n) is 15.5. The fraction of sp³-hybridized carbons (Fsp3) is 0.350. The van der Waals surface area contributed by atoms with Crippen LogP contribution < -0.4 is 10.1 Å². The first-order chi connectivity index (χ1) is 12.9. The van der Waals surface area contributed by atoms with Gasteiger partial charge in [-0.25, -0.2) is 0 Å². The van der Waals surface area contributed by atoms with Crippen molar-refractivity contribution in [3.8, 4) is 17.6 Å². The number of nitrogens with zero attached hydrogens (tertiary/aromatic N) is 1. The molecule has 0 spiro atoms. The van der Waals surface area contributed by atoms with Crippen molar-refractivity contribution in [2.75, 3.05) is 24.7 Å². The van der Waals surface area contributed by atoms with Crippen molar-refractivity contribution in [3.05, 3.63) is 46.2 Å². The van der Waals surface area contributed by atoms with Gasteiger partial charge in [-0.2, -0.15) is 0 Å². The molecular formula is C20H22N2O2S3. The Morgan fingerprint density at radius 2 is 2.04 bits per heavy atom. The summed E-state index contributed by atoms with van der Waals surface area (Å²) in [4.78, 5) is 4.38. The Balaban J connectivity index is 1.70. The van der Waals surface area contributed by atoms with E-state index in [2.05, 4.69) is 28.1 Å². The van der Waals surface area contributed by atoms with Crippen LogP contribution in [0.3, 0.4) is 0 Å². The minimum absolute atomic E-state index is 0.186. The molecule has 2 heterocycles. The van der Waals surface area contributed by atoms with E-state index >= 15 is 0 Å². The third-order valence-corrected chi connectivity index (χ3v) is 6.64. The zero-order chi connectivity index (χ0) is 19.4. The summed E-state index contributed by atoms with van der Waals surface area (Å²) in [6.07, 6.45) is 0. The highest BCUT2D eigenvalue weighted by atomic mass is 32.2. The quantitative estimate of drug-likeness (QED) is 0.572. The minimum Gasteiger partial charge on any atom is -0.497 e. The van der Waals surface area contributed by atoms with E-state index in [0.29, 0.717) is 5.11 Å². The molecule has 1 aliphatic rings. The molecule has 0 aliphatic carbocycles. The third kappa shape index (κ3) is 5.39. The fourth-order valence-corrected chi connectivity index (χ4v) is 5.30. The average molecular weight is 419 g/mol. The van der Waals surface area contributed by atoms with Crippen LogP contribution in [0.2, 0.25) is 0 Å². The van der Waals surface area contributed by atoms with Crippen LogP contribution in [0.25, 0.3) is 0 Å². The molecule has 4 nitrogen and oxygen atoms in total. The second kappa shape index (κ2) is 8.53. The summed E-state index contributed by atoms with van der Waals surface area (Å²) < 4.78 is 5.19. The maximum Gasteiger partial charge on any atom is 0.174 e. The van der Waals surface area contributed by atoms with Gasteiger partial charge in [0.2, 0.25) is 0 Å². The number of nitrogens with one attached hydrogen (secondary N) is 1. The molecule has 0 unspecified atom stereocenters. The minimum atomic E-state index is -0.984. The van der Waals surface area contributed by atoms with Crippen molar-refractivity contribution in [2.45, 2.75) is 24.8 Å². The molecule has 2 N–H and O–H groups in total. The molecule has 7 heteroatoms. The number of ether oxygens (including phenoxy) is 1. The second-order valence-electron chi connectivity index (χ2n) is 6.59. The van der Waals surface area contributed by atoms with Crippen molar-refractivity contribution in [1.29, 1.82) is 0 Å². The van der Waals surface area contributed by atoms with Crippen LogP contribution in [-0.2, 0) is 0 Å². The molecule has 1 fully saturated rings. The number of thioether (sulfide) groups is 1. The third-order valence-electron chi connectivity index (χ3n) is 3.85. The van der Waals surface area contributed by atoms with Crippen molar-refractivity contribution >= 4 is 46.1 Å². The van der Waals surface area contributed by atoms with E-state index in [9.17, 15) is 5.11 Å². The monoisotopic (exact) mass is 418 g/mol. The summed E-state index contributed by atoms with van der Waals surface area (Å²) in [5.41, 5.74) is -0.0401. The molecule has 0 saturated carbocycles. The lowest BCUT2D eigenvalue weighted by Gasteiger charge is -2.26. The van der Waals surface area contributed by atoms with E-state index in [0.717, 1.165) is 28.6 Å². The van der Waals surface area contributed by atoms with Crippen LogP contribution in [0, 0.1) is 11.8 Å². The molecule has 1 saturated heterocycles. The standard InChI is InChI=1S/C20H22N2O2S3/c1-20(2,23)11-10-16-8-9-17(27-16)18-22(12-13-26-18)19(25)21-14-4-6-15(24-3)7-5-14/h4-9,18,23H,12-13H2,1-3H3,(H,21,25)/t18-/m1/s1. The van der Waals surface area contributed by atoms with Crippen LogP contribution in [0.4, 0.5) is 5.69 Å². The van der Waals surface area contributed by atoms with Gasteiger partial charge in [0.1, 0.15) is 16.7 Å². The van der Waals surface area contributed by atoms with Crippen LogP contribution >= 0.6 is 35.3 Å². The normalized spacial score (nSPS) is 16.6. The lowest BCUT2D eigenvalue weighted by atomic mass is 10.1. The van der Waals surface area contributed by atoms with E-state index in [1.54, 1.807) is 32.3 Å². The van der Waals surface area contributed by atoms with Gasteiger partial charge >= 0.3 is 0 Å². The summed E-state index contributed by atoms with van der Waals surface area (Å²) in [6, 6.07) is 11.8. The van der Waals surface area contributed by atoms with Gasteiger partial charge in [0.25, 0.3) is 0 Å². The molecule has 2 aromatic rings. The number of benzene rings is 1. The fourth-order valence-electron chi connectivity index (χ4n) is 2.55. The first-order valence-corrected chi connectivity index (χ1v) is 10.8.